The van der Waals surface area contributed by atoms with Gasteiger partial charge in [-0.3, -0.25) is 14.6 Å². The highest BCUT2D eigenvalue weighted by Gasteiger charge is 2.36. The van der Waals surface area contributed by atoms with Crippen LogP contribution < -0.4 is 0 Å². The van der Waals surface area contributed by atoms with E-state index >= 15 is 0 Å². The van der Waals surface area contributed by atoms with Crippen LogP contribution in [-0.2, 0) is 22.7 Å². The van der Waals surface area contributed by atoms with Crippen LogP contribution in [0.4, 0.5) is 0 Å². The van der Waals surface area contributed by atoms with Gasteiger partial charge in [0.05, 0.1) is 24.7 Å². The van der Waals surface area contributed by atoms with Gasteiger partial charge >= 0.3 is 0 Å². The largest absolute Gasteiger partial charge is 0.338 e. The standard InChI is InChI=1S/C18H21N3O2S/c1-2-20(13-16-7-5-9-24-16)18(23)14-10-17(22)21(11-14)12-15-6-3-4-8-19-15/h3-9,14H,2,10-13H2,1H3/t14-/m0/s1. The molecule has 0 spiro atoms. The summed E-state index contributed by atoms with van der Waals surface area (Å²) in [6.45, 7) is 4.21. The maximum Gasteiger partial charge on any atom is 0.228 e. The zero-order valence-electron chi connectivity index (χ0n) is 13.7. The van der Waals surface area contributed by atoms with E-state index in [0.717, 1.165) is 5.69 Å². The fourth-order valence-electron chi connectivity index (χ4n) is 2.97. The Labute approximate surface area is 145 Å². The molecule has 6 heteroatoms. The Hall–Kier alpha value is -2.21. The minimum atomic E-state index is -0.249. The predicted octanol–water partition coefficient (Wildman–Crippen LogP) is 2.54. The van der Waals surface area contributed by atoms with E-state index in [9.17, 15) is 9.59 Å². The number of carbonyl (C=O) groups excluding carboxylic acids is 2. The molecule has 24 heavy (non-hydrogen) atoms. The molecule has 0 unspecified atom stereocenters. The van der Waals surface area contributed by atoms with Crippen molar-refractivity contribution < 1.29 is 9.59 Å². The summed E-state index contributed by atoms with van der Waals surface area (Å²) < 4.78 is 0. The Kier molecular flexibility index (Phi) is 5.25. The summed E-state index contributed by atoms with van der Waals surface area (Å²) in [6.07, 6.45) is 2.02. The maximum atomic E-state index is 12.8. The second-order valence-electron chi connectivity index (χ2n) is 5.93. The molecule has 0 aromatic carbocycles. The molecule has 1 fully saturated rings. The Bertz CT molecular complexity index is 688. The Morgan fingerprint density at radius 1 is 1.38 bits per heavy atom. The smallest absolute Gasteiger partial charge is 0.228 e. The number of nitrogens with zero attached hydrogens (tertiary/aromatic N) is 3. The quantitative estimate of drug-likeness (QED) is 0.810. The number of hydrogen-bond acceptors (Lipinski definition) is 4. The first-order valence-corrected chi connectivity index (χ1v) is 9.04. The highest BCUT2D eigenvalue weighted by molar-refractivity contribution is 7.09. The first-order valence-electron chi connectivity index (χ1n) is 8.16. The van der Waals surface area contributed by atoms with Crippen LogP contribution in [0, 0.1) is 5.92 Å². The Morgan fingerprint density at radius 2 is 2.25 bits per heavy atom. The van der Waals surface area contributed by atoms with E-state index < -0.39 is 0 Å². The van der Waals surface area contributed by atoms with E-state index in [0.29, 0.717) is 32.6 Å². The maximum absolute atomic E-state index is 12.8. The van der Waals surface area contributed by atoms with Gasteiger partial charge in [0, 0.05) is 30.6 Å². The SMILES string of the molecule is CCN(Cc1cccs1)C(=O)[C@H]1CC(=O)N(Cc2ccccn2)C1. The molecular formula is C18H21N3O2S. The highest BCUT2D eigenvalue weighted by atomic mass is 32.1. The van der Waals surface area contributed by atoms with E-state index in [1.54, 1.807) is 22.4 Å². The average molecular weight is 343 g/mol. The van der Waals surface area contributed by atoms with Crippen molar-refractivity contribution in [3.8, 4) is 0 Å². The lowest BCUT2D eigenvalue weighted by atomic mass is 10.1. The molecular weight excluding hydrogens is 322 g/mol. The molecule has 0 radical (unpaired) electrons. The molecule has 2 amide bonds. The zero-order chi connectivity index (χ0) is 16.9. The third-order valence-corrected chi connectivity index (χ3v) is 5.12. The summed E-state index contributed by atoms with van der Waals surface area (Å²) in [7, 11) is 0. The molecule has 0 N–H and O–H groups in total. The summed E-state index contributed by atoms with van der Waals surface area (Å²) in [4.78, 5) is 34.0. The number of aromatic nitrogens is 1. The van der Waals surface area contributed by atoms with Crippen molar-refractivity contribution in [3.63, 3.8) is 0 Å². The number of hydrogen-bond donors (Lipinski definition) is 0. The molecule has 2 aromatic rings. The van der Waals surface area contributed by atoms with Crippen LogP contribution in [0.1, 0.15) is 23.9 Å². The molecule has 0 bridgehead atoms. The van der Waals surface area contributed by atoms with Crippen molar-refractivity contribution in [2.75, 3.05) is 13.1 Å². The minimum absolute atomic E-state index is 0.0335. The Morgan fingerprint density at radius 3 is 2.92 bits per heavy atom. The van der Waals surface area contributed by atoms with Gasteiger partial charge < -0.3 is 9.80 Å². The van der Waals surface area contributed by atoms with Gasteiger partial charge in [0.1, 0.15) is 0 Å². The van der Waals surface area contributed by atoms with Crippen LogP contribution in [-0.4, -0.2) is 39.7 Å². The fourth-order valence-corrected chi connectivity index (χ4v) is 3.69. The van der Waals surface area contributed by atoms with Crippen LogP contribution in [0.25, 0.3) is 0 Å². The molecule has 126 valence electrons. The summed E-state index contributed by atoms with van der Waals surface area (Å²) in [5, 5.41) is 2.02. The number of pyridine rings is 1. The fraction of sp³-hybridized carbons (Fsp3) is 0.389. The second kappa shape index (κ2) is 7.57. The molecule has 5 nitrogen and oxygen atoms in total. The van der Waals surface area contributed by atoms with Gasteiger partial charge in [-0.05, 0) is 30.5 Å². The second-order valence-corrected chi connectivity index (χ2v) is 6.96. The van der Waals surface area contributed by atoms with E-state index in [4.69, 9.17) is 0 Å². The summed E-state index contributed by atoms with van der Waals surface area (Å²) in [6, 6.07) is 9.69. The molecule has 0 aliphatic carbocycles. The predicted molar refractivity (Wildman–Crippen MR) is 93.2 cm³/mol. The lowest BCUT2D eigenvalue weighted by Crippen LogP contribution is -2.36. The van der Waals surface area contributed by atoms with Crippen molar-refractivity contribution in [1.82, 2.24) is 14.8 Å². The van der Waals surface area contributed by atoms with Crippen molar-refractivity contribution in [3.05, 3.63) is 52.5 Å². The van der Waals surface area contributed by atoms with Crippen LogP contribution in [0.2, 0.25) is 0 Å². The van der Waals surface area contributed by atoms with Crippen molar-refractivity contribution in [2.24, 2.45) is 5.92 Å². The normalized spacial score (nSPS) is 17.3. The molecule has 0 saturated carbocycles. The van der Waals surface area contributed by atoms with Crippen LogP contribution in [0.15, 0.2) is 41.9 Å². The van der Waals surface area contributed by atoms with Crippen molar-refractivity contribution in [2.45, 2.75) is 26.4 Å². The monoisotopic (exact) mass is 343 g/mol. The lowest BCUT2D eigenvalue weighted by molar-refractivity contribution is -0.136. The summed E-state index contributed by atoms with van der Waals surface area (Å²) in [5.41, 5.74) is 0.852. The molecule has 1 aliphatic heterocycles. The molecule has 3 rings (SSSR count). The van der Waals surface area contributed by atoms with Gasteiger partial charge in [-0.2, -0.15) is 0 Å². The highest BCUT2D eigenvalue weighted by Crippen LogP contribution is 2.23. The first-order chi connectivity index (χ1) is 11.7. The summed E-state index contributed by atoms with van der Waals surface area (Å²) >= 11 is 1.65. The lowest BCUT2D eigenvalue weighted by Gasteiger charge is -2.23. The Balaban J connectivity index is 1.62. The van der Waals surface area contributed by atoms with E-state index in [1.165, 1.54) is 4.88 Å². The molecule has 2 aromatic heterocycles. The molecule has 1 saturated heterocycles. The number of likely N-dealkylation sites (tertiary alicyclic amines) is 1. The zero-order valence-corrected chi connectivity index (χ0v) is 14.5. The van der Waals surface area contributed by atoms with Crippen molar-refractivity contribution >= 4 is 23.2 Å². The van der Waals surface area contributed by atoms with Gasteiger partial charge in [0.15, 0.2) is 0 Å². The number of carbonyl (C=O) groups is 2. The van der Waals surface area contributed by atoms with E-state index in [-0.39, 0.29) is 17.7 Å². The van der Waals surface area contributed by atoms with Gasteiger partial charge in [0.25, 0.3) is 0 Å². The van der Waals surface area contributed by atoms with Gasteiger partial charge in [0.2, 0.25) is 11.8 Å². The molecule has 1 atom stereocenters. The van der Waals surface area contributed by atoms with Crippen LogP contribution >= 0.6 is 11.3 Å². The van der Waals surface area contributed by atoms with Crippen LogP contribution in [0.3, 0.4) is 0 Å². The first kappa shape index (κ1) is 16.6. The molecule has 3 heterocycles. The number of amides is 2. The number of thiophene rings is 1. The van der Waals surface area contributed by atoms with Gasteiger partial charge in [-0.15, -0.1) is 11.3 Å². The molecule has 1 aliphatic rings. The van der Waals surface area contributed by atoms with Gasteiger partial charge in [-0.1, -0.05) is 12.1 Å². The minimum Gasteiger partial charge on any atom is -0.338 e. The van der Waals surface area contributed by atoms with Crippen molar-refractivity contribution in [1.29, 1.82) is 0 Å². The van der Waals surface area contributed by atoms with Crippen LogP contribution in [0.5, 0.6) is 0 Å². The topological polar surface area (TPSA) is 53.5 Å². The van der Waals surface area contributed by atoms with Gasteiger partial charge in [-0.25, -0.2) is 0 Å². The number of rotatable bonds is 6. The summed E-state index contributed by atoms with van der Waals surface area (Å²) in [5.74, 6) is -0.143. The third kappa shape index (κ3) is 3.82. The third-order valence-electron chi connectivity index (χ3n) is 4.26. The van der Waals surface area contributed by atoms with E-state index in [1.807, 2.05) is 47.5 Å². The van der Waals surface area contributed by atoms with E-state index in [2.05, 4.69) is 4.98 Å². The average Bonchev–Trinajstić information content (AvgIpc) is 3.23.